The van der Waals surface area contributed by atoms with E-state index in [1.54, 1.807) is 6.92 Å². The number of carboxylic acid groups (broad SMARTS) is 1. The number of carboxylic acids is 1. The monoisotopic (exact) mass is 563 g/mol. The highest BCUT2D eigenvalue weighted by atomic mass is 16.6. The molecule has 0 radical (unpaired) electrons. The van der Waals surface area contributed by atoms with Crippen LogP contribution in [0.5, 0.6) is 5.88 Å². The van der Waals surface area contributed by atoms with E-state index in [-0.39, 0.29) is 57.9 Å². The van der Waals surface area contributed by atoms with Crippen molar-refractivity contribution in [2.45, 2.75) is 32.4 Å². The molecule has 1 aliphatic heterocycles. The van der Waals surface area contributed by atoms with Crippen molar-refractivity contribution in [2.75, 3.05) is 32.8 Å². The fourth-order valence-electron chi connectivity index (χ4n) is 4.37. The summed E-state index contributed by atoms with van der Waals surface area (Å²) in [5, 5.41) is 16.4. The molecule has 1 unspecified atom stereocenters. The molecule has 0 bridgehead atoms. The topological polar surface area (TPSA) is 143 Å². The Morgan fingerprint density at radius 2 is 1.59 bits per heavy atom. The summed E-state index contributed by atoms with van der Waals surface area (Å²) in [6, 6.07) is 19.1. The third-order valence-electron chi connectivity index (χ3n) is 6.51. The van der Waals surface area contributed by atoms with Crippen LogP contribution in [-0.2, 0) is 20.9 Å². The van der Waals surface area contributed by atoms with Crippen LogP contribution >= 0.6 is 0 Å². The van der Waals surface area contributed by atoms with Gasteiger partial charge in [0.15, 0.2) is 5.69 Å². The van der Waals surface area contributed by atoms with E-state index in [0.29, 0.717) is 11.6 Å². The zero-order chi connectivity index (χ0) is 29.2. The van der Waals surface area contributed by atoms with Crippen LogP contribution < -0.4 is 10.1 Å². The molecule has 0 spiro atoms. The maximum atomic E-state index is 13.4. The standard InChI is InChI=1S/C29H33N5O7/c1-2-40-29(39)33-17-15-32(16-18-33)28(38)23(13-14-26(35)36)30-27(37)24-19-25(41-20-21-9-5-3-6-10-21)34(31-24)22-11-7-4-8-12-22/h3-12,19,23H,2,13-18,20H2,1H3,(H,30,37)(H,35,36). The first kappa shape index (κ1) is 29.1. The van der Waals surface area contributed by atoms with Gasteiger partial charge in [-0.25, -0.2) is 9.48 Å². The number of para-hydroxylation sites is 1. The lowest BCUT2D eigenvalue weighted by Crippen LogP contribution is -2.56. The van der Waals surface area contributed by atoms with Crippen LogP contribution in [0.25, 0.3) is 5.69 Å². The maximum absolute atomic E-state index is 13.4. The average Bonchev–Trinajstić information content (AvgIpc) is 3.43. The first-order valence-electron chi connectivity index (χ1n) is 13.4. The van der Waals surface area contributed by atoms with Crippen LogP contribution in [0.1, 0.15) is 35.8 Å². The predicted molar refractivity (Wildman–Crippen MR) is 148 cm³/mol. The number of hydrogen-bond donors (Lipinski definition) is 2. The minimum Gasteiger partial charge on any atom is -0.481 e. The van der Waals surface area contributed by atoms with Crippen molar-refractivity contribution < 1.29 is 33.8 Å². The Kier molecular flexibility index (Phi) is 9.92. The van der Waals surface area contributed by atoms with Gasteiger partial charge >= 0.3 is 12.1 Å². The maximum Gasteiger partial charge on any atom is 0.409 e. The van der Waals surface area contributed by atoms with Crippen LogP contribution in [0.4, 0.5) is 4.79 Å². The first-order chi connectivity index (χ1) is 19.9. The number of carbonyl (C=O) groups is 4. The molecule has 1 aliphatic rings. The number of nitrogens with one attached hydrogen (secondary N) is 1. The average molecular weight is 564 g/mol. The van der Waals surface area contributed by atoms with Crippen LogP contribution in [-0.4, -0.2) is 87.4 Å². The Hall–Kier alpha value is -4.87. The molecule has 3 aromatic rings. The molecule has 0 saturated carbocycles. The number of rotatable bonds is 11. The van der Waals surface area contributed by atoms with Crippen LogP contribution in [0.15, 0.2) is 66.7 Å². The Labute approximate surface area is 237 Å². The zero-order valence-electron chi connectivity index (χ0n) is 22.8. The second-order valence-corrected chi connectivity index (χ2v) is 9.36. The second-order valence-electron chi connectivity index (χ2n) is 9.36. The van der Waals surface area contributed by atoms with Gasteiger partial charge in [0, 0.05) is 38.7 Å². The summed E-state index contributed by atoms with van der Waals surface area (Å²) in [5.41, 5.74) is 1.62. The predicted octanol–water partition coefficient (Wildman–Crippen LogP) is 2.72. The van der Waals surface area contributed by atoms with Gasteiger partial charge in [0.2, 0.25) is 11.8 Å². The normalized spacial score (nSPS) is 13.8. The molecule has 2 N–H and O–H groups in total. The Balaban J connectivity index is 1.50. The molecular formula is C29H33N5O7. The molecule has 2 heterocycles. The molecule has 1 fully saturated rings. The van der Waals surface area contributed by atoms with Gasteiger partial charge in [-0.05, 0) is 31.0 Å². The van der Waals surface area contributed by atoms with Crippen molar-refractivity contribution in [1.29, 1.82) is 0 Å². The molecule has 41 heavy (non-hydrogen) atoms. The number of nitrogens with zero attached hydrogens (tertiary/aromatic N) is 4. The zero-order valence-corrected chi connectivity index (χ0v) is 22.8. The molecular weight excluding hydrogens is 530 g/mol. The molecule has 1 aromatic heterocycles. The van der Waals surface area contributed by atoms with E-state index in [0.717, 1.165) is 5.56 Å². The van der Waals surface area contributed by atoms with Gasteiger partial charge in [0.25, 0.3) is 5.91 Å². The van der Waals surface area contributed by atoms with E-state index in [9.17, 15) is 24.3 Å². The second kappa shape index (κ2) is 14.0. The number of aliphatic carboxylic acids is 1. The van der Waals surface area contributed by atoms with Gasteiger partial charge in [0.05, 0.1) is 12.3 Å². The Bertz CT molecular complexity index is 1340. The van der Waals surface area contributed by atoms with Gasteiger partial charge in [-0.2, -0.15) is 5.10 Å². The van der Waals surface area contributed by atoms with Crippen LogP contribution in [0.3, 0.4) is 0 Å². The summed E-state index contributed by atoms with van der Waals surface area (Å²) in [6.45, 7) is 3.23. The van der Waals surface area contributed by atoms with E-state index in [4.69, 9.17) is 9.47 Å². The lowest BCUT2D eigenvalue weighted by molar-refractivity contribution is -0.138. The lowest BCUT2D eigenvalue weighted by atomic mass is 10.1. The van der Waals surface area contributed by atoms with Crippen molar-refractivity contribution in [3.05, 3.63) is 78.0 Å². The van der Waals surface area contributed by atoms with E-state index >= 15 is 0 Å². The molecule has 12 heteroatoms. The van der Waals surface area contributed by atoms with Gasteiger partial charge in [-0.1, -0.05) is 48.5 Å². The van der Waals surface area contributed by atoms with E-state index in [1.807, 2.05) is 60.7 Å². The lowest BCUT2D eigenvalue weighted by Gasteiger charge is -2.35. The molecule has 216 valence electrons. The highest BCUT2D eigenvalue weighted by molar-refractivity contribution is 5.96. The SMILES string of the molecule is CCOC(=O)N1CCN(C(=O)C(CCC(=O)O)NC(=O)c2cc(OCc3ccccc3)n(-c3ccccc3)n2)CC1. The van der Waals surface area contributed by atoms with E-state index in [2.05, 4.69) is 10.4 Å². The summed E-state index contributed by atoms with van der Waals surface area (Å²) >= 11 is 0. The van der Waals surface area contributed by atoms with Crippen molar-refractivity contribution in [3.8, 4) is 11.6 Å². The minimum atomic E-state index is -1.09. The number of carbonyl (C=O) groups excluding carboxylic acids is 3. The molecule has 3 amide bonds. The van der Waals surface area contributed by atoms with Gasteiger partial charge in [-0.3, -0.25) is 14.4 Å². The number of aromatic nitrogens is 2. The van der Waals surface area contributed by atoms with Gasteiger partial charge in [-0.15, -0.1) is 0 Å². The number of amides is 3. The number of piperazine rings is 1. The minimum absolute atomic E-state index is 0.0113. The van der Waals surface area contributed by atoms with Gasteiger partial charge in [0.1, 0.15) is 12.6 Å². The van der Waals surface area contributed by atoms with E-state index < -0.39 is 29.9 Å². The fourth-order valence-corrected chi connectivity index (χ4v) is 4.37. The molecule has 1 atom stereocenters. The third-order valence-corrected chi connectivity index (χ3v) is 6.51. The number of ether oxygens (including phenoxy) is 2. The third kappa shape index (κ3) is 7.84. The fraction of sp³-hybridized carbons (Fsp3) is 0.345. The van der Waals surface area contributed by atoms with Crippen molar-refractivity contribution >= 4 is 23.9 Å². The Morgan fingerprint density at radius 1 is 0.951 bits per heavy atom. The van der Waals surface area contributed by atoms with Crippen molar-refractivity contribution in [1.82, 2.24) is 24.9 Å². The summed E-state index contributed by atoms with van der Waals surface area (Å²) in [5.74, 6) is -1.83. The largest absolute Gasteiger partial charge is 0.481 e. The highest BCUT2D eigenvalue weighted by Crippen LogP contribution is 2.21. The summed E-state index contributed by atoms with van der Waals surface area (Å²) in [6.07, 6.45) is -0.868. The highest BCUT2D eigenvalue weighted by Gasteiger charge is 2.31. The first-order valence-corrected chi connectivity index (χ1v) is 13.4. The summed E-state index contributed by atoms with van der Waals surface area (Å²) in [4.78, 5) is 53.0. The van der Waals surface area contributed by atoms with Crippen molar-refractivity contribution in [2.24, 2.45) is 0 Å². The Morgan fingerprint density at radius 3 is 2.22 bits per heavy atom. The van der Waals surface area contributed by atoms with Crippen LogP contribution in [0, 0.1) is 0 Å². The van der Waals surface area contributed by atoms with Gasteiger partial charge < -0.3 is 29.7 Å². The molecule has 4 rings (SSSR count). The molecule has 1 saturated heterocycles. The number of benzene rings is 2. The molecule has 12 nitrogen and oxygen atoms in total. The van der Waals surface area contributed by atoms with Crippen molar-refractivity contribution in [3.63, 3.8) is 0 Å². The smallest absolute Gasteiger partial charge is 0.409 e. The molecule has 0 aliphatic carbocycles. The number of hydrogen-bond acceptors (Lipinski definition) is 7. The van der Waals surface area contributed by atoms with E-state index in [1.165, 1.54) is 20.5 Å². The molecule has 2 aromatic carbocycles. The summed E-state index contributed by atoms with van der Waals surface area (Å²) < 4.78 is 12.5. The quantitative estimate of drug-likeness (QED) is 0.363. The van der Waals surface area contributed by atoms with Crippen LogP contribution in [0.2, 0.25) is 0 Å². The summed E-state index contributed by atoms with van der Waals surface area (Å²) in [7, 11) is 0.